The van der Waals surface area contributed by atoms with Crippen LogP contribution in [-0.2, 0) is 16.4 Å². The molecule has 1 heterocycles. The lowest BCUT2D eigenvalue weighted by Gasteiger charge is -2.24. The fourth-order valence-corrected chi connectivity index (χ4v) is 4.66. The van der Waals surface area contributed by atoms with Crippen LogP contribution >= 0.6 is 15.9 Å². The van der Waals surface area contributed by atoms with Crippen molar-refractivity contribution in [1.82, 2.24) is 5.32 Å². The number of rotatable bonds is 3. The molecule has 0 saturated carbocycles. The first-order valence-electron chi connectivity index (χ1n) is 5.69. The first-order chi connectivity index (χ1) is 8.30. The molecular weight excluding hydrogens is 321 g/mol. The zero-order chi connectivity index (χ0) is 13.4. The third-order valence-electron chi connectivity index (χ3n) is 3.21. The average Bonchev–Trinajstić information content (AvgIpc) is 2.56. The Balaban J connectivity index is 2.02. The Labute approximate surface area is 115 Å². The summed E-state index contributed by atoms with van der Waals surface area (Å²) in [5.74, 6) is 0.111. The average molecular weight is 336 g/mol. The lowest BCUT2D eigenvalue weighted by atomic mass is 10.0. The van der Waals surface area contributed by atoms with Crippen molar-refractivity contribution in [2.75, 3.05) is 11.5 Å². The second-order valence-electron chi connectivity index (χ2n) is 5.00. The van der Waals surface area contributed by atoms with Gasteiger partial charge in [0, 0.05) is 12.1 Å². The van der Waals surface area contributed by atoms with E-state index >= 15 is 0 Å². The third kappa shape index (κ3) is 3.30. The molecule has 100 valence electrons. The predicted octanol–water partition coefficient (Wildman–Crippen LogP) is 2.25. The van der Waals surface area contributed by atoms with Gasteiger partial charge in [-0.1, -0.05) is 6.07 Å². The quantitative estimate of drug-likeness (QED) is 0.921. The zero-order valence-electron chi connectivity index (χ0n) is 10.0. The molecule has 0 amide bonds. The number of hydrogen-bond donors (Lipinski definition) is 1. The molecule has 6 heteroatoms. The number of halogens is 2. The SMILES string of the molecule is CC1(NCc2ccc(F)c(Br)c2)CCS(=O)(=O)C1. The van der Waals surface area contributed by atoms with Gasteiger partial charge >= 0.3 is 0 Å². The first-order valence-corrected chi connectivity index (χ1v) is 8.31. The molecule has 0 aliphatic carbocycles. The zero-order valence-corrected chi connectivity index (χ0v) is 12.4. The van der Waals surface area contributed by atoms with E-state index in [1.165, 1.54) is 6.07 Å². The first kappa shape index (κ1) is 14.0. The van der Waals surface area contributed by atoms with Crippen LogP contribution in [0.3, 0.4) is 0 Å². The van der Waals surface area contributed by atoms with Crippen molar-refractivity contribution < 1.29 is 12.8 Å². The Morgan fingerprint density at radius 3 is 2.78 bits per heavy atom. The van der Waals surface area contributed by atoms with E-state index < -0.39 is 9.84 Å². The second-order valence-corrected chi connectivity index (χ2v) is 8.04. The van der Waals surface area contributed by atoms with Gasteiger partial charge in [0.15, 0.2) is 9.84 Å². The van der Waals surface area contributed by atoms with Gasteiger partial charge in [-0.15, -0.1) is 0 Å². The van der Waals surface area contributed by atoms with Gasteiger partial charge in [0.1, 0.15) is 5.82 Å². The minimum absolute atomic E-state index is 0.169. The highest BCUT2D eigenvalue weighted by molar-refractivity contribution is 9.10. The van der Waals surface area contributed by atoms with Gasteiger partial charge in [-0.2, -0.15) is 0 Å². The highest BCUT2D eigenvalue weighted by atomic mass is 79.9. The molecule has 0 radical (unpaired) electrons. The molecule has 1 aromatic rings. The van der Waals surface area contributed by atoms with Crippen molar-refractivity contribution in [2.45, 2.75) is 25.4 Å². The maximum Gasteiger partial charge on any atom is 0.152 e. The van der Waals surface area contributed by atoms with Gasteiger partial charge in [0.25, 0.3) is 0 Å². The molecule has 1 saturated heterocycles. The molecule has 1 aliphatic rings. The van der Waals surface area contributed by atoms with Gasteiger partial charge in [-0.3, -0.25) is 0 Å². The molecule has 0 bridgehead atoms. The minimum Gasteiger partial charge on any atom is -0.306 e. The molecule has 1 atom stereocenters. The molecule has 0 aromatic heterocycles. The second kappa shape index (κ2) is 4.90. The van der Waals surface area contributed by atoms with Crippen LogP contribution < -0.4 is 5.32 Å². The van der Waals surface area contributed by atoms with E-state index in [1.807, 2.05) is 6.92 Å². The lowest BCUT2D eigenvalue weighted by molar-refractivity contribution is 0.395. The van der Waals surface area contributed by atoms with Crippen LogP contribution in [0.4, 0.5) is 4.39 Å². The molecule has 1 fully saturated rings. The summed E-state index contributed by atoms with van der Waals surface area (Å²) in [4.78, 5) is 0. The number of hydrogen-bond acceptors (Lipinski definition) is 3. The van der Waals surface area contributed by atoms with Gasteiger partial charge in [-0.25, -0.2) is 12.8 Å². The molecule has 2 rings (SSSR count). The van der Waals surface area contributed by atoms with Crippen LogP contribution in [0.1, 0.15) is 18.9 Å². The number of sulfone groups is 1. The van der Waals surface area contributed by atoms with Gasteiger partial charge in [0.05, 0.1) is 16.0 Å². The predicted molar refractivity (Wildman–Crippen MR) is 72.6 cm³/mol. The molecule has 1 aliphatic heterocycles. The molecule has 3 nitrogen and oxygen atoms in total. The topological polar surface area (TPSA) is 46.2 Å². The third-order valence-corrected chi connectivity index (χ3v) is 5.72. The van der Waals surface area contributed by atoms with E-state index in [1.54, 1.807) is 12.1 Å². The molecule has 18 heavy (non-hydrogen) atoms. The molecule has 1 N–H and O–H groups in total. The summed E-state index contributed by atoms with van der Waals surface area (Å²) in [7, 11) is -2.90. The lowest BCUT2D eigenvalue weighted by Crippen LogP contribution is -2.42. The smallest absolute Gasteiger partial charge is 0.152 e. The van der Waals surface area contributed by atoms with Crippen molar-refractivity contribution in [2.24, 2.45) is 0 Å². The fourth-order valence-electron chi connectivity index (χ4n) is 2.11. The van der Waals surface area contributed by atoms with Crippen LogP contribution in [-0.4, -0.2) is 25.5 Å². The van der Waals surface area contributed by atoms with Crippen molar-refractivity contribution in [3.8, 4) is 0 Å². The Kier molecular flexibility index (Phi) is 3.80. The van der Waals surface area contributed by atoms with Crippen LogP contribution in [0.2, 0.25) is 0 Å². The Morgan fingerprint density at radius 1 is 1.50 bits per heavy atom. The molecule has 1 aromatic carbocycles. The maximum atomic E-state index is 13.1. The normalized spacial score (nSPS) is 26.4. The van der Waals surface area contributed by atoms with Gasteiger partial charge in [0.2, 0.25) is 0 Å². The van der Waals surface area contributed by atoms with Crippen molar-refractivity contribution in [3.63, 3.8) is 0 Å². The fraction of sp³-hybridized carbons (Fsp3) is 0.500. The van der Waals surface area contributed by atoms with Crippen LogP contribution in [0.15, 0.2) is 22.7 Å². The summed E-state index contributed by atoms with van der Waals surface area (Å²) in [5.41, 5.74) is 0.550. The van der Waals surface area contributed by atoms with Gasteiger partial charge in [-0.05, 0) is 47.0 Å². The van der Waals surface area contributed by atoms with E-state index in [-0.39, 0.29) is 22.9 Å². The van der Waals surface area contributed by atoms with Crippen LogP contribution in [0.25, 0.3) is 0 Å². The monoisotopic (exact) mass is 335 g/mol. The summed E-state index contributed by atoms with van der Waals surface area (Å²) in [6.07, 6.45) is 0.623. The van der Waals surface area contributed by atoms with E-state index in [2.05, 4.69) is 21.2 Å². The minimum atomic E-state index is -2.90. The maximum absolute atomic E-state index is 13.1. The van der Waals surface area contributed by atoms with Crippen LogP contribution in [0, 0.1) is 5.82 Å². The highest BCUT2D eigenvalue weighted by Gasteiger charge is 2.37. The summed E-state index contributed by atoms with van der Waals surface area (Å²) in [6.45, 7) is 2.45. The largest absolute Gasteiger partial charge is 0.306 e. The summed E-state index contributed by atoms with van der Waals surface area (Å²) >= 11 is 3.13. The van der Waals surface area contributed by atoms with Crippen LogP contribution in [0.5, 0.6) is 0 Å². The molecular formula is C12H15BrFNO2S. The van der Waals surface area contributed by atoms with Crippen molar-refractivity contribution >= 4 is 25.8 Å². The molecule has 1 unspecified atom stereocenters. The Hall–Kier alpha value is -0.460. The van der Waals surface area contributed by atoms with E-state index in [0.29, 0.717) is 17.4 Å². The van der Waals surface area contributed by atoms with Crippen molar-refractivity contribution in [1.29, 1.82) is 0 Å². The Bertz CT molecular complexity index is 561. The standard InChI is InChI=1S/C12H15BrFNO2S/c1-12(4-5-18(16,17)8-12)15-7-9-2-3-11(14)10(13)6-9/h2-3,6,15H,4-5,7-8H2,1H3. The van der Waals surface area contributed by atoms with E-state index in [4.69, 9.17) is 0 Å². The summed E-state index contributed by atoms with van der Waals surface area (Å²) in [6, 6.07) is 4.80. The summed E-state index contributed by atoms with van der Waals surface area (Å²) in [5, 5.41) is 3.25. The van der Waals surface area contributed by atoms with E-state index in [0.717, 1.165) is 5.56 Å². The summed E-state index contributed by atoms with van der Waals surface area (Å²) < 4.78 is 36.4. The van der Waals surface area contributed by atoms with E-state index in [9.17, 15) is 12.8 Å². The number of benzene rings is 1. The van der Waals surface area contributed by atoms with Gasteiger partial charge < -0.3 is 5.32 Å². The molecule has 0 spiro atoms. The Morgan fingerprint density at radius 2 is 2.22 bits per heavy atom. The number of nitrogens with one attached hydrogen (secondary N) is 1. The van der Waals surface area contributed by atoms with Crippen molar-refractivity contribution in [3.05, 3.63) is 34.1 Å². The highest BCUT2D eigenvalue weighted by Crippen LogP contribution is 2.24.